The zero-order valence-corrected chi connectivity index (χ0v) is 20.4. The molecule has 2 aliphatic heterocycles. The Labute approximate surface area is 205 Å². The summed E-state index contributed by atoms with van der Waals surface area (Å²) in [5.41, 5.74) is 9.26. The molecule has 1 saturated heterocycles. The quantitative estimate of drug-likeness (QED) is 0.471. The molecular weight excluding hydrogens is 440 g/mol. The van der Waals surface area contributed by atoms with Crippen molar-refractivity contribution in [1.29, 1.82) is 5.26 Å². The normalized spacial score (nSPS) is 22.1. The molecule has 6 heteroatoms. The van der Waals surface area contributed by atoms with Gasteiger partial charge in [0.1, 0.15) is 23.7 Å². The first kappa shape index (κ1) is 22.5. The van der Waals surface area contributed by atoms with Crippen molar-refractivity contribution in [2.45, 2.75) is 38.5 Å². The van der Waals surface area contributed by atoms with E-state index in [1.54, 1.807) is 11.8 Å². The third-order valence-corrected chi connectivity index (χ3v) is 7.27. The molecule has 172 valence electrons. The Kier molecular flexibility index (Phi) is 6.34. The van der Waals surface area contributed by atoms with Crippen molar-refractivity contribution >= 4 is 11.8 Å². The molecule has 0 aliphatic carbocycles. The number of fused-ring (bicyclic) bond motifs is 1. The van der Waals surface area contributed by atoms with Crippen molar-refractivity contribution in [3.05, 3.63) is 106 Å². The summed E-state index contributed by atoms with van der Waals surface area (Å²) in [6.07, 6.45) is 2.71. The van der Waals surface area contributed by atoms with Gasteiger partial charge in [-0.1, -0.05) is 54.1 Å². The molecule has 1 fully saturated rings. The lowest BCUT2D eigenvalue weighted by Gasteiger charge is -2.43. The number of hydrazine groups is 1. The van der Waals surface area contributed by atoms with E-state index in [4.69, 9.17) is 4.74 Å². The number of benzene rings is 3. The third-order valence-electron chi connectivity index (χ3n) is 6.55. The first-order valence-corrected chi connectivity index (χ1v) is 12.7. The van der Waals surface area contributed by atoms with E-state index in [9.17, 15) is 5.26 Å². The molecule has 0 radical (unpaired) electrons. The first-order valence-electron chi connectivity index (χ1n) is 11.5. The van der Waals surface area contributed by atoms with Crippen molar-refractivity contribution < 1.29 is 4.74 Å². The Morgan fingerprint density at radius 1 is 1.00 bits per heavy atom. The van der Waals surface area contributed by atoms with E-state index >= 15 is 0 Å². The molecule has 34 heavy (non-hydrogen) atoms. The number of hydrogen-bond donors (Lipinski definition) is 2. The van der Waals surface area contributed by atoms with Crippen LogP contribution in [0.5, 0.6) is 11.5 Å². The Morgan fingerprint density at radius 2 is 1.74 bits per heavy atom. The van der Waals surface area contributed by atoms with Crippen LogP contribution in [0.3, 0.4) is 0 Å². The van der Waals surface area contributed by atoms with Gasteiger partial charge in [0.05, 0.1) is 16.6 Å². The largest absolute Gasteiger partial charge is 0.457 e. The minimum absolute atomic E-state index is 0.101. The molecule has 3 atom stereocenters. The van der Waals surface area contributed by atoms with Gasteiger partial charge in [-0.15, -0.1) is 11.8 Å². The maximum absolute atomic E-state index is 9.94. The highest BCUT2D eigenvalue weighted by molar-refractivity contribution is 8.02. The predicted molar refractivity (Wildman–Crippen MR) is 137 cm³/mol. The maximum atomic E-state index is 9.94. The van der Waals surface area contributed by atoms with Gasteiger partial charge >= 0.3 is 0 Å². The number of ether oxygens (including phenoxy) is 1. The number of para-hydroxylation sites is 1. The van der Waals surface area contributed by atoms with Crippen molar-refractivity contribution in [2.24, 2.45) is 0 Å². The summed E-state index contributed by atoms with van der Waals surface area (Å²) in [7, 11) is 0. The summed E-state index contributed by atoms with van der Waals surface area (Å²) >= 11 is 1.58. The molecular formula is C28H28N4OS. The Balaban J connectivity index is 1.45. The fourth-order valence-corrected chi connectivity index (χ4v) is 5.47. The molecule has 3 aromatic carbocycles. The zero-order valence-electron chi connectivity index (χ0n) is 19.6. The van der Waals surface area contributed by atoms with Crippen molar-refractivity contribution in [1.82, 2.24) is 15.8 Å². The van der Waals surface area contributed by atoms with Crippen molar-refractivity contribution in [2.75, 3.05) is 6.26 Å². The van der Waals surface area contributed by atoms with Crippen molar-refractivity contribution in [3.8, 4) is 17.6 Å². The summed E-state index contributed by atoms with van der Waals surface area (Å²) in [6, 6.07) is 27.4. The second-order valence-corrected chi connectivity index (χ2v) is 9.61. The number of thioether (sulfide) groups is 1. The van der Waals surface area contributed by atoms with Gasteiger partial charge < -0.3 is 10.2 Å². The van der Waals surface area contributed by atoms with Crippen LogP contribution >= 0.6 is 11.8 Å². The second kappa shape index (κ2) is 9.55. The van der Waals surface area contributed by atoms with E-state index < -0.39 is 0 Å². The minimum Gasteiger partial charge on any atom is -0.457 e. The van der Waals surface area contributed by atoms with Gasteiger partial charge in [0, 0.05) is 6.04 Å². The van der Waals surface area contributed by atoms with Crippen LogP contribution in [0, 0.1) is 25.2 Å². The van der Waals surface area contributed by atoms with Gasteiger partial charge in [-0.25, -0.2) is 0 Å². The third kappa shape index (κ3) is 4.30. The summed E-state index contributed by atoms with van der Waals surface area (Å²) in [5, 5.41) is 16.8. The molecule has 5 nitrogen and oxygen atoms in total. The van der Waals surface area contributed by atoms with Gasteiger partial charge in [-0.05, 0) is 67.5 Å². The SMILES string of the molecule is CSC1=C(C#N)C2NC(c3ccc(Oc4ccccc4)cc3)CC(c3ccc(C)cc3C)N2N1. The second-order valence-electron chi connectivity index (χ2n) is 8.80. The Bertz CT molecular complexity index is 1250. The molecule has 2 N–H and O–H groups in total. The first-order chi connectivity index (χ1) is 16.6. The predicted octanol–water partition coefficient (Wildman–Crippen LogP) is 6.12. The molecule has 3 unspecified atom stereocenters. The molecule has 0 aromatic heterocycles. The van der Waals surface area contributed by atoms with Gasteiger partial charge in [-0.2, -0.15) is 10.3 Å². The molecule has 0 saturated carbocycles. The topological polar surface area (TPSA) is 60.3 Å². The highest BCUT2D eigenvalue weighted by Crippen LogP contribution is 2.43. The van der Waals surface area contributed by atoms with Crippen LogP contribution in [-0.4, -0.2) is 17.4 Å². The van der Waals surface area contributed by atoms with Crippen LogP contribution in [0.4, 0.5) is 0 Å². The lowest BCUT2D eigenvalue weighted by molar-refractivity contribution is 0.0470. The van der Waals surface area contributed by atoms with Gasteiger partial charge in [0.25, 0.3) is 0 Å². The van der Waals surface area contributed by atoms with Crippen LogP contribution in [0.25, 0.3) is 0 Å². The van der Waals surface area contributed by atoms with Crippen LogP contribution in [0.1, 0.15) is 40.8 Å². The lowest BCUT2D eigenvalue weighted by Crippen LogP contribution is -2.55. The maximum Gasteiger partial charge on any atom is 0.127 e. The Morgan fingerprint density at radius 3 is 2.41 bits per heavy atom. The lowest BCUT2D eigenvalue weighted by atomic mass is 9.88. The summed E-state index contributed by atoms with van der Waals surface area (Å²) in [6.45, 7) is 4.30. The molecule has 3 aromatic rings. The Hall–Kier alpha value is -3.24. The summed E-state index contributed by atoms with van der Waals surface area (Å²) in [4.78, 5) is 0. The number of rotatable bonds is 5. The van der Waals surface area contributed by atoms with Gasteiger partial charge in [0.15, 0.2) is 0 Å². The zero-order chi connectivity index (χ0) is 23.7. The van der Waals surface area contributed by atoms with Gasteiger partial charge in [0.2, 0.25) is 0 Å². The number of aryl methyl sites for hydroxylation is 2. The average Bonchev–Trinajstić information content (AvgIpc) is 3.22. The summed E-state index contributed by atoms with van der Waals surface area (Å²) in [5.74, 6) is 1.63. The molecule has 0 amide bonds. The molecule has 5 rings (SSSR count). The minimum atomic E-state index is -0.183. The standard InChI is InChI=1S/C28H28N4OS/c1-18-9-14-23(19(2)15-18)26-16-25(30-27-24(17-29)28(34-3)31-32(26)27)20-10-12-22(13-11-20)33-21-7-5-4-6-8-21/h4-15,25-27,30-31H,16H2,1-3H3. The van der Waals surface area contributed by atoms with E-state index in [0.29, 0.717) is 0 Å². The fraction of sp³-hybridized carbons (Fsp3) is 0.250. The van der Waals surface area contributed by atoms with E-state index in [0.717, 1.165) is 28.5 Å². The smallest absolute Gasteiger partial charge is 0.127 e. The fourth-order valence-electron chi connectivity index (χ4n) is 4.89. The van der Waals surface area contributed by atoms with Crippen molar-refractivity contribution in [3.63, 3.8) is 0 Å². The van der Waals surface area contributed by atoms with Crippen LogP contribution in [-0.2, 0) is 0 Å². The van der Waals surface area contributed by atoms with Crippen LogP contribution in [0.15, 0.2) is 83.4 Å². The molecule has 0 spiro atoms. The number of nitrogens with zero attached hydrogens (tertiary/aromatic N) is 2. The van der Waals surface area contributed by atoms with E-state index in [1.165, 1.54) is 22.3 Å². The number of hydrogen-bond acceptors (Lipinski definition) is 6. The molecule has 0 bridgehead atoms. The van der Waals surface area contributed by atoms with E-state index in [-0.39, 0.29) is 18.2 Å². The molecule has 2 aliphatic rings. The highest BCUT2D eigenvalue weighted by atomic mass is 32.2. The highest BCUT2D eigenvalue weighted by Gasteiger charge is 2.44. The van der Waals surface area contributed by atoms with E-state index in [2.05, 4.69) is 66.0 Å². The number of nitrogens with one attached hydrogen (secondary N) is 2. The average molecular weight is 469 g/mol. The summed E-state index contributed by atoms with van der Waals surface area (Å²) < 4.78 is 5.98. The van der Waals surface area contributed by atoms with Crippen LogP contribution in [0.2, 0.25) is 0 Å². The van der Waals surface area contributed by atoms with E-state index in [1.807, 2.05) is 48.7 Å². The molecule has 2 heterocycles. The number of nitriles is 1. The van der Waals surface area contributed by atoms with Gasteiger partial charge in [-0.3, -0.25) is 5.32 Å². The monoisotopic (exact) mass is 468 g/mol. The van der Waals surface area contributed by atoms with Crippen LogP contribution < -0.4 is 15.5 Å².